The van der Waals surface area contributed by atoms with Crippen LogP contribution in [0.2, 0.25) is 0 Å². The van der Waals surface area contributed by atoms with Crippen LogP contribution < -0.4 is 10.2 Å². The molecule has 0 saturated carbocycles. The highest BCUT2D eigenvalue weighted by Crippen LogP contribution is 2.24. The maximum atomic E-state index is 13.0. The molecule has 0 radical (unpaired) electrons. The average molecular weight is 393 g/mol. The molecule has 2 aromatic heterocycles. The summed E-state index contributed by atoms with van der Waals surface area (Å²) < 4.78 is 1.72. The second kappa shape index (κ2) is 7.83. The van der Waals surface area contributed by atoms with Gasteiger partial charge in [-0.05, 0) is 50.7 Å². The van der Waals surface area contributed by atoms with Crippen LogP contribution in [0.3, 0.4) is 0 Å². The number of aryl methyl sites for hydroxylation is 3. The molecular formula is C22H28N6O. The smallest absolute Gasteiger partial charge is 0.256 e. The minimum Gasteiger partial charge on any atom is -0.369 e. The summed E-state index contributed by atoms with van der Waals surface area (Å²) in [5, 5.41) is 8.26. The van der Waals surface area contributed by atoms with Crippen LogP contribution in [0.4, 0.5) is 11.4 Å². The van der Waals surface area contributed by atoms with E-state index in [1.165, 1.54) is 5.69 Å². The van der Waals surface area contributed by atoms with Crippen LogP contribution >= 0.6 is 0 Å². The molecule has 1 fully saturated rings. The highest BCUT2D eigenvalue weighted by atomic mass is 16.1. The Morgan fingerprint density at radius 2 is 1.79 bits per heavy atom. The number of carbonyl (C=O) groups is 1. The number of hydrogen-bond donors (Lipinski definition) is 1. The minimum atomic E-state index is -0.138. The maximum Gasteiger partial charge on any atom is 0.256 e. The Kier molecular flexibility index (Phi) is 5.24. The monoisotopic (exact) mass is 392 g/mol. The highest BCUT2D eigenvalue weighted by molar-refractivity contribution is 6.12. The zero-order valence-electron chi connectivity index (χ0n) is 17.6. The van der Waals surface area contributed by atoms with Gasteiger partial charge in [-0.2, -0.15) is 5.10 Å². The molecule has 0 aliphatic carbocycles. The van der Waals surface area contributed by atoms with Gasteiger partial charge in [-0.3, -0.25) is 9.48 Å². The van der Waals surface area contributed by atoms with E-state index in [1.807, 2.05) is 39.1 Å². The molecule has 1 amide bonds. The molecule has 152 valence electrons. The first-order chi connectivity index (χ1) is 14.0. The molecule has 0 unspecified atom stereocenters. The SMILES string of the molecule is CCN1CCN(c2ccc(NC(=O)c3cc(C)nc4c3c(C)nn4C)cc2)CC1. The number of pyridine rings is 1. The lowest BCUT2D eigenvalue weighted by Crippen LogP contribution is -2.46. The van der Waals surface area contributed by atoms with Crippen molar-refractivity contribution in [2.75, 3.05) is 42.9 Å². The maximum absolute atomic E-state index is 13.0. The van der Waals surface area contributed by atoms with Crippen molar-refractivity contribution >= 4 is 28.3 Å². The van der Waals surface area contributed by atoms with Gasteiger partial charge >= 0.3 is 0 Å². The molecule has 7 nitrogen and oxygen atoms in total. The predicted molar refractivity (Wildman–Crippen MR) is 117 cm³/mol. The molecule has 1 N–H and O–H groups in total. The van der Waals surface area contributed by atoms with Gasteiger partial charge < -0.3 is 15.1 Å². The Hall–Kier alpha value is -2.93. The zero-order chi connectivity index (χ0) is 20.5. The first-order valence-electron chi connectivity index (χ1n) is 10.2. The molecule has 3 heterocycles. The van der Waals surface area contributed by atoms with Gasteiger partial charge in [0, 0.05) is 50.3 Å². The minimum absolute atomic E-state index is 0.138. The van der Waals surface area contributed by atoms with Crippen molar-refractivity contribution in [1.29, 1.82) is 0 Å². The van der Waals surface area contributed by atoms with E-state index in [4.69, 9.17) is 0 Å². The van der Waals surface area contributed by atoms with Gasteiger partial charge in [0.1, 0.15) is 0 Å². The van der Waals surface area contributed by atoms with Crippen molar-refractivity contribution in [3.05, 3.63) is 47.3 Å². The fourth-order valence-corrected chi connectivity index (χ4v) is 4.03. The van der Waals surface area contributed by atoms with Crippen molar-refractivity contribution in [2.45, 2.75) is 20.8 Å². The number of aromatic nitrogens is 3. The van der Waals surface area contributed by atoms with Crippen LogP contribution in [0.15, 0.2) is 30.3 Å². The number of nitrogens with zero attached hydrogens (tertiary/aromatic N) is 5. The molecule has 4 rings (SSSR count). The lowest BCUT2D eigenvalue weighted by molar-refractivity contribution is 0.102. The van der Waals surface area contributed by atoms with Gasteiger partial charge in [0.25, 0.3) is 5.91 Å². The van der Waals surface area contributed by atoms with E-state index >= 15 is 0 Å². The summed E-state index contributed by atoms with van der Waals surface area (Å²) in [5.74, 6) is -0.138. The molecule has 0 atom stereocenters. The normalized spacial score (nSPS) is 15.1. The van der Waals surface area contributed by atoms with Crippen molar-refractivity contribution in [2.24, 2.45) is 7.05 Å². The lowest BCUT2D eigenvalue weighted by atomic mass is 10.1. The molecular weight excluding hydrogens is 364 g/mol. The summed E-state index contributed by atoms with van der Waals surface area (Å²) in [5.41, 5.74) is 4.93. The van der Waals surface area contributed by atoms with Crippen LogP contribution in [-0.2, 0) is 7.05 Å². The van der Waals surface area contributed by atoms with Crippen LogP contribution in [0.1, 0.15) is 28.7 Å². The van der Waals surface area contributed by atoms with Crippen molar-refractivity contribution in [1.82, 2.24) is 19.7 Å². The van der Waals surface area contributed by atoms with Gasteiger partial charge in [-0.15, -0.1) is 0 Å². The average Bonchev–Trinajstić information content (AvgIpc) is 3.01. The molecule has 0 spiro atoms. The van der Waals surface area contributed by atoms with Crippen molar-refractivity contribution in [3.8, 4) is 0 Å². The Bertz CT molecular complexity index is 1030. The second-order valence-corrected chi connectivity index (χ2v) is 7.64. The molecule has 29 heavy (non-hydrogen) atoms. The van der Waals surface area contributed by atoms with Crippen LogP contribution in [-0.4, -0.2) is 58.3 Å². The van der Waals surface area contributed by atoms with E-state index in [1.54, 1.807) is 4.68 Å². The van der Waals surface area contributed by atoms with Gasteiger partial charge in [0.15, 0.2) is 5.65 Å². The molecule has 1 aliphatic rings. The van der Waals surface area contributed by atoms with Crippen molar-refractivity contribution < 1.29 is 4.79 Å². The van der Waals surface area contributed by atoms with Crippen LogP contribution in [0, 0.1) is 13.8 Å². The first kappa shape index (κ1) is 19.4. The van der Waals surface area contributed by atoms with Crippen LogP contribution in [0.5, 0.6) is 0 Å². The number of carbonyl (C=O) groups excluding carboxylic acids is 1. The number of fused-ring (bicyclic) bond motifs is 1. The number of likely N-dealkylation sites (N-methyl/N-ethyl adjacent to an activating group) is 1. The Morgan fingerprint density at radius 3 is 2.45 bits per heavy atom. The third kappa shape index (κ3) is 3.82. The van der Waals surface area contributed by atoms with E-state index in [0.717, 1.165) is 60.8 Å². The fourth-order valence-electron chi connectivity index (χ4n) is 4.03. The largest absolute Gasteiger partial charge is 0.369 e. The topological polar surface area (TPSA) is 66.3 Å². The third-order valence-electron chi connectivity index (χ3n) is 5.65. The molecule has 3 aromatic rings. The highest BCUT2D eigenvalue weighted by Gasteiger charge is 2.19. The zero-order valence-corrected chi connectivity index (χ0v) is 17.6. The number of benzene rings is 1. The summed E-state index contributed by atoms with van der Waals surface area (Å²) in [4.78, 5) is 22.4. The second-order valence-electron chi connectivity index (χ2n) is 7.64. The van der Waals surface area contributed by atoms with E-state index < -0.39 is 0 Å². The Balaban J connectivity index is 1.52. The molecule has 0 bridgehead atoms. The standard InChI is InChI=1S/C22H28N6O/c1-5-27-10-12-28(13-11-27)18-8-6-17(7-9-18)24-22(29)19-14-15(2)23-21-20(19)16(3)25-26(21)4/h6-9,14H,5,10-13H2,1-4H3,(H,24,29). The number of rotatable bonds is 4. The Labute approximate surface area is 171 Å². The van der Waals surface area contributed by atoms with E-state index in [-0.39, 0.29) is 5.91 Å². The summed E-state index contributed by atoms with van der Waals surface area (Å²) in [6.07, 6.45) is 0. The van der Waals surface area contributed by atoms with E-state index in [9.17, 15) is 4.79 Å². The summed E-state index contributed by atoms with van der Waals surface area (Å²) in [6.45, 7) is 11.4. The molecule has 1 aliphatic heterocycles. The first-order valence-corrected chi connectivity index (χ1v) is 10.2. The number of amides is 1. The van der Waals surface area contributed by atoms with E-state index in [0.29, 0.717) is 5.56 Å². The van der Waals surface area contributed by atoms with E-state index in [2.05, 4.69) is 44.3 Å². The molecule has 1 saturated heterocycles. The van der Waals surface area contributed by atoms with Gasteiger partial charge in [-0.25, -0.2) is 4.98 Å². The summed E-state index contributed by atoms with van der Waals surface area (Å²) in [6, 6.07) is 9.94. The number of nitrogens with one attached hydrogen (secondary N) is 1. The van der Waals surface area contributed by atoms with Gasteiger partial charge in [-0.1, -0.05) is 6.92 Å². The Morgan fingerprint density at radius 1 is 1.10 bits per heavy atom. The van der Waals surface area contributed by atoms with Gasteiger partial charge in [0.2, 0.25) is 0 Å². The number of piperazine rings is 1. The number of anilines is 2. The summed E-state index contributed by atoms with van der Waals surface area (Å²) in [7, 11) is 1.85. The lowest BCUT2D eigenvalue weighted by Gasteiger charge is -2.35. The molecule has 7 heteroatoms. The third-order valence-corrected chi connectivity index (χ3v) is 5.65. The molecule has 1 aromatic carbocycles. The van der Waals surface area contributed by atoms with Crippen LogP contribution in [0.25, 0.3) is 11.0 Å². The summed E-state index contributed by atoms with van der Waals surface area (Å²) >= 11 is 0. The van der Waals surface area contributed by atoms with Crippen molar-refractivity contribution in [3.63, 3.8) is 0 Å². The fraction of sp³-hybridized carbons (Fsp3) is 0.409. The quantitative estimate of drug-likeness (QED) is 0.739. The number of hydrogen-bond acceptors (Lipinski definition) is 5. The predicted octanol–water partition coefficient (Wildman–Crippen LogP) is 2.98. The van der Waals surface area contributed by atoms with Gasteiger partial charge in [0.05, 0.1) is 16.6 Å².